The Balaban J connectivity index is 1.74. The SMILES string of the molecule is COc1ccccc1CNC(=O)[C@@H]1CCCN(S(=O)(=O)c2c(C)[nH]c(=O)[nH]c2=O)C1. The van der Waals surface area contributed by atoms with E-state index in [9.17, 15) is 22.8 Å². The molecule has 3 N–H and O–H groups in total. The van der Waals surface area contributed by atoms with Gasteiger partial charge < -0.3 is 15.0 Å². The first-order valence-electron chi connectivity index (χ1n) is 9.47. The fourth-order valence-electron chi connectivity index (χ4n) is 3.58. The number of nitrogens with zero attached hydrogens (tertiary/aromatic N) is 1. The number of methoxy groups -OCH3 is 1. The predicted octanol–water partition coefficient (Wildman–Crippen LogP) is 0.0973. The number of nitrogens with one attached hydrogen (secondary N) is 3. The second kappa shape index (κ2) is 8.84. The maximum atomic E-state index is 13.0. The van der Waals surface area contributed by atoms with Crippen molar-refractivity contribution in [2.45, 2.75) is 31.2 Å². The summed E-state index contributed by atoms with van der Waals surface area (Å²) in [5.41, 5.74) is -0.974. The summed E-state index contributed by atoms with van der Waals surface area (Å²) in [5, 5.41) is 2.83. The fourth-order valence-corrected chi connectivity index (χ4v) is 5.31. The van der Waals surface area contributed by atoms with Crippen molar-refractivity contribution in [2.75, 3.05) is 20.2 Å². The highest BCUT2D eigenvalue weighted by Gasteiger charge is 2.35. The maximum Gasteiger partial charge on any atom is 0.325 e. The second-order valence-electron chi connectivity index (χ2n) is 7.09. The van der Waals surface area contributed by atoms with Crippen molar-refractivity contribution >= 4 is 15.9 Å². The third-order valence-electron chi connectivity index (χ3n) is 5.07. The minimum atomic E-state index is -4.16. The number of hydrogen-bond acceptors (Lipinski definition) is 6. The van der Waals surface area contributed by atoms with Crippen LogP contribution in [0.4, 0.5) is 0 Å². The summed E-state index contributed by atoms with van der Waals surface area (Å²) < 4.78 is 32.4. The lowest BCUT2D eigenvalue weighted by atomic mass is 9.98. The van der Waals surface area contributed by atoms with Crippen molar-refractivity contribution in [3.63, 3.8) is 0 Å². The molecule has 0 saturated carbocycles. The van der Waals surface area contributed by atoms with Crippen molar-refractivity contribution in [2.24, 2.45) is 5.92 Å². The molecular weight excluding hydrogens is 412 g/mol. The van der Waals surface area contributed by atoms with Gasteiger partial charge >= 0.3 is 5.69 Å². The van der Waals surface area contributed by atoms with E-state index in [1.54, 1.807) is 13.2 Å². The molecule has 0 spiro atoms. The molecule has 1 fully saturated rings. The van der Waals surface area contributed by atoms with Crippen LogP contribution in [-0.4, -0.2) is 48.8 Å². The number of hydrogen-bond donors (Lipinski definition) is 3. The van der Waals surface area contributed by atoms with E-state index in [-0.39, 0.29) is 31.2 Å². The molecule has 10 nitrogen and oxygen atoms in total. The van der Waals surface area contributed by atoms with E-state index < -0.39 is 32.1 Å². The summed E-state index contributed by atoms with van der Waals surface area (Å²) in [5.74, 6) is -0.170. The maximum absolute atomic E-state index is 13.0. The Kier molecular flexibility index (Phi) is 6.42. The summed E-state index contributed by atoms with van der Waals surface area (Å²) >= 11 is 0. The molecule has 162 valence electrons. The van der Waals surface area contributed by atoms with Crippen LogP contribution in [0.25, 0.3) is 0 Å². The number of aromatic nitrogens is 2. The van der Waals surface area contributed by atoms with Gasteiger partial charge in [-0.1, -0.05) is 18.2 Å². The molecule has 1 aliphatic heterocycles. The minimum absolute atomic E-state index is 0.0357. The fraction of sp³-hybridized carbons (Fsp3) is 0.421. The number of carbonyl (C=O) groups is 1. The Bertz CT molecular complexity index is 1150. The number of benzene rings is 1. The summed E-state index contributed by atoms with van der Waals surface area (Å²) in [6.45, 7) is 1.75. The molecule has 1 atom stereocenters. The van der Waals surface area contributed by atoms with Gasteiger partial charge in [0.05, 0.1) is 13.0 Å². The van der Waals surface area contributed by atoms with Gasteiger partial charge in [0.2, 0.25) is 15.9 Å². The van der Waals surface area contributed by atoms with E-state index in [1.165, 1.54) is 6.92 Å². The Labute approximate surface area is 173 Å². The minimum Gasteiger partial charge on any atom is -0.496 e. The van der Waals surface area contributed by atoms with Gasteiger partial charge in [0.15, 0.2) is 4.90 Å². The van der Waals surface area contributed by atoms with E-state index in [0.717, 1.165) is 9.87 Å². The molecule has 3 rings (SSSR count). The highest BCUT2D eigenvalue weighted by Crippen LogP contribution is 2.24. The molecule has 1 saturated heterocycles. The van der Waals surface area contributed by atoms with E-state index in [2.05, 4.69) is 10.3 Å². The molecule has 1 aromatic heterocycles. The van der Waals surface area contributed by atoms with Crippen molar-refractivity contribution in [3.05, 3.63) is 56.4 Å². The molecule has 2 aromatic rings. The average Bonchev–Trinajstić information content (AvgIpc) is 2.71. The molecule has 0 bridgehead atoms. The van der Waals surface area contributed by atoms with Crippen LogP contribution < -0.4 is 21.3 Å². The van der Waals surface area contributed by atoms with Crippen LogP contribution in [0.2, 0.25) is 0 Å². The molecule has 30 heavy (non-hydrogen) atoms. The van der Waals surface area contributed by atoms with Crippen LogP contribution >= 0.6 is 0 Å². The van der Waals surface area contributed by atoms with Gasteiger partial charge in [-0.25, -0.2) is 13.2 Å². The van der Waals surface area contributed by atoms with Crippen LogP contribution in [0, 0.1) is 12.8 Å². The Morgan fingerprint density at radius 2 is 2.00 bits per heavy atom. The Morgan fingerprint density at radius 1 is 1.27 bits per heavy atom. The lowest BCUT2D eigenvalue weighted by molar-refractivity contribution is -0.126. The van der Waals surface area contributed by atoms with E-state index in [0.29, 0.717) is 18.6 Å². The number of para-hydroxylation sites is 1. The number of sulfonamides is 1. The quantitative estimate of drug-likeness (QED) is 0.586. The molecule has 11 heteroatoms. The smallest absolute Gasteiger partial charge is 0.325 e. The molecule has 0 unspecified atom stereocenters. The summed E-state index contributed by atoms with van der Waals surface area (Å²) in [6.07, 6.45) is 1.01. The largest absolute Gasteiger partial charge is 0.496 e. The van der Waals surface area contributed by atoms with Crippen molar-refractivity contribution < 1.29 is 17.9 Å². The lowest BCUT2D eigenvalue weighted by Crippen LogP contribution is -2.47. The van der Waals surface area contributed by atoms with E-state index >= 15 is 0 Å². The predicted molar refractivity (Wildman–Crippen MR) is 109 cm³/mol. The zero-order valence-corrected chi connectivity index (χ0v) is 17.5. The molecular formula is C19H24N4O6S. The summed E-state index contributed by atoms with van der Waals surface area (Å²) in [4.78, 5) is 39.9. The number of rotatable bonds is 6. The van der Waals surface area contributed by atoms with Crippen LogP contribution in [-0.2, 0) is 21.4 Å². The van der Waals surface area contributed by atoms with Gasteiger partial charge in [0.25, 0.3) is 5.56 Å². The molecule has 0 aliphatic carbocycles. The number of aryl methyl sites for hydroxylation is 1. The summed E-state index contributed by atoms with van der Waals surface area (Å²) in [7, 11) is -2.62. The van der Waals surface area contributed by atoms with E-state index in [1.807, 2.05) is 23.2 Å². The lowest BCUT2D eigenvalue weighted by Gasteiger charge is -2.31. The van der Waals surface area contributed by atoms with Gasteiger partial charge in [0, 0.05) is 30.9 Å². The molecule has 1 aliphatic rings. The average molecular weight is 436 g/mol. The second-order valence-corrected chi connectivity index (χ2v) is 8.97. The molecule has 0 radical (unpaired) electrons. The standard InChI is InChI=1S/C19H24N4O6S/c1-12-16(18(25)22-19(26)21-12)30(27,28)23-9-5-7-14(11-23)17(24)20-10-13-6-3-4-8-15(13)29-2/h3-4,6,8,14H,5,7,9-11H2,1-2H3,(H,20,24)(H2,21,22,25,26)/t14-/m1/s1. The number of H-pyrrole nitrogens is 2. The van der Waals surface area contributed by atoms with Gasteiger partial charge in [-0.15, -0.1) is 0 Å². The number of carbonyl (C=O) groups excluding carboxylic acids is 1. The van der Waals surface area contributed by atoms with Gasteiger partial charge in [0.1, 0.15) is 5.75 Å². The zero-order chi connectivity index (χ0) is 21.9. The normalized spacial score (nSPS) is 17.5. The number of amides is 1. The van der Waals surface area contributed by atoms with Crippen LogP contribution in [0.1, 0.15) is 24.1 Å². The monoisotopic (exact) mass is 436 g/mol. The topological polar surface area (TPSA) is 141 Å². The first-order chi connectivity index (χ1) is 14.2. The van der Waals surface area contributed by atoms with Crippen molar-refractivity contribution in [3.8, 4) is 5.75 Å². The number of aromatic amines is 2. The first kappa shape index (κ1) is 21.8. The first-order valence-corrected chi connectivity index (χ1v) is 10.9. The van der Waals surface area contributed by atoms with Crippen molar-refractivity contribution in [1.82, 2.24) is 19.6 Å². The summed E-state index contributed by atoms with van der Waals surface area (Å²) in [6, 6.07) is 7.29. The third kappa shape index (κ3) is 4.46. The molecule has 1 aromatic carbocycles. The zero-order valence-electron chi connectivity index (χ0n) is 16.7. The van der Waals surface area contributed by atoms with Crippen molar-refractivity contribution in [1.29, 1.82) is 0 Å². The third-order valence-corrected chi connectivity index (χ3v) is 7.09. The Morgan fingerprint density at radius 3 is 2.70 bits per heavy atom. The van der Waals surface area contributed by atoms with Gasteiger partial charge in [-0.3, -0.25) is 14.6 Å². The van der Waals surface area contributed by atoms with Gasteiger partial charge in [-0.05, 0) is 25.8 Å². The highest BCUT2D eigenvalue weighted by atomic mass is 32.2. The van der Waals surface area contributed by atoms with Gasteiger partial charge in [-0.2, -0.15) is 4.31 Å². The Hall–Kier alpha value is -2.92. The number of ether oxygens (including phenoxy) is 1. The highest BCUT2D eigenvalue weighted by molar-refractivity contribution is 7.89. The molecule has 2 heterocycles. The molecule has 1 amide bonds. The van der Waals surface area contributed by atoms with Crippen LogP contribution in [0.15, 0.2) is 38.8 Å². The van der Waals surface area contributed by atoms with Crippen LogP contribution in [0.3, 0.4) is 0 Å². The van der Waals surface area contributed by atoms with Crippen LogP contribution in [0.5, 0.6) is 5.75 Å². The van der Waals surface area contributed by atoms with E-state index in [4.69, 9.17) is 4.74 Å². The number of piperidine rings is 1.